The highest BCUT2D eigenvalue weighted by Crippen LogP contribution is 2.35. The number of rotatable bonds is 3. The summed E-state index contributed by atoms with van der Waals surface area (Å²) in [5.74, 6) is 0.319. The molecule has 0 saturated carbocycles. The number of nitrogens with zero attached hydrogens (tertiary/aromatic N) is 5. The zero-order valence-corrected chi connectivity index (χ0v) is 16.6. The third kappa shape index (κ3) is 2.90. The quantitative estimate of drug-likeness (QED) is 0.562. The van der Waals surface area contributed by atoms with E-state index < -0.39 is 0 Å². The van der Waals surface area contributed by atoms with E-state index >= 15 is 0 Å². The van der Waals surface area contributed by atoms with E-state index in [1.54, 1.807) is 32.3 Å². The Morgan fingerprint density at radius 1 is 1.30 bits per heavy atom. The first-order valence-electron chi connectivity index (χ1n) is 9.80. The highest BCUT2D eigenvalue weighted by Gasteiger charge is 2.35. The molecular weight excluding hydrogens is 384 g/mol. The summed E-state index contributed by atoms with van der Waals surface area (Å²) in [6.07, 6.45) is 4.98. The molecule has 4 aromatic heterocycles. The number of hydrogen-bond donors (Lipinski definition) is 1. The van der Waals surface area contributed by atoms with Gasteiger partial charge in [0.25, 0.3) is 11.5 Å². The topological polar surface area (TPSA) is 109 Å². The standard InChI is InChI=1S/C21H20N6O3/c1-12-9-18(28)27-17(23-12)10-15(24-27)16-6-4-8-26(16)21(29)19-13(2)30-25-20(19)14-5-3-7-22-11-14/h3,5,7,9-11,16,24H,4,6,8H2,1-2H3/t16-/m0/s1. The predicted octanol–water partition coefficient (Wildman–Crippen LogP) is 2.67. The summed E-state index contributed by atoms with van der Waals surface area (Å²) in [4.78, 5) is 36.2. The third-order valence-electron chi connectivity index (χ3n) is 5.48. The van der Waals surface area contributed by atoms with Crippen molar-refractivity contribution < 1.29 is 9.32 Å². The Bertz CT molecular complexity index is 1300. The summed E-state index contributed by atoms with van der Waals surface area (Å²) in [7, 11) is 0. The van der Waals surface area contributed by atoms with Crippen molar-refractivity contribution in [1.29, 1.82) is 0 Å². The lowest BCUT2D eigenvalue weighted by molar-refractivity contribution is 0.0731. The molecule has 1 N–H and O–H groups in total. The molecule has 9 heteroatoms. The molecule has 30 heavy (non-hydrogen) atoms. The molecule has 1 aliphatic rings. The normalized spacial score (nSPS) is 16.5. The monoisotopic (exact) mass is 404 g/mol. The van der Waals surface area contributed by atoms with Gasteiger partial charge in [-0.3, -0.25) is 19.7 Å². The Labute approximate surface area is 171 Å². The number of nitrogens with one attached hydrogen (secondary N) is 1. The van der Waals surface area contributed by atoms with E-state index in [0.29, 0.717) is 34.9 Å². The number of carbonyl (C=O) groups excluding carboxylic acids is 1. The Hall–Kier alpha value is -3.75. The van der Waals surface area contributed by atoms with Gasteiger partial charge < -0.3 is 9.42 Å². The first-order chi connectivity index (χ1) is 14.5. The summed E-state index contributed by atoms with van der Waals surface area (Å²) >= 11 is 0. The molecular formula is C21H20N6O3. The zero-order chi connectivity index (χ0) is 20.8. The fourth-order valence-corrected chi connectivity index (χ4v) is 4.10. The molecule has 1 aliphatic heterocycles. The molecule has 0 radical (unpaired) electrons. The van der Waals surface area contributed by atoms with Crippen molar-refractivity contribution in [3.05, 3.63) is 69.7 Å². The van der Waals surface area contributed by atoms with Gasteiger partial charge in [-0.2, -0.15) is 0 Å². The van der Waals surface area contributed by atoms with E-state index in [1.165, 1.54) is 10.6 Å². The van der Waals surface area contributed by atoms with Crippen LogP contribution in [0.25, 0.3) is 16.9 Å². The maximum atomic E-state index is 13.6. The van der Waals surface area contributed by atoms with Crippen LogP contribution in [0.5, 0.6) is 0 Å². The lowest BCUT2D eigenvalue weighted by Crippen LogP contribution is -2.31. The summed E-state index contributed by atoms with van der Waals surface area (Å²) in [6, 6.07) is 6.78. The second kappa shape index (κ2) is 6.94. The van der Waals surface area contributed by atoms with Crippen molar-refractivity contribution in [2.45, 2.75) is 32.7 Å². The molecule has 0 bridgehead atoms. The van der Waals surface area contributed by atoms with Crippen molar-refractivity contribution in [3.63, 3.8) is 0 Å². The predicted molar refractivity (Wildman–Crippen MR) is 108 cm³/mol. The van der Waals surface area contributed by atoms with Gasteiger partial charge in [0.1, 0.15) is 17.0 Å². The summed E-state index contributed by atoms with van der Waals surface area (Å²) in [6.45, 7) is 4.13. The molecule has 5 rings (SSSR count). The number of aryl methyl sites for hydroxylation is 2. The number of aromatic nitrogens is 5. The van der Waals surface area contributed by atoms with E-state index in [1.807, 2.05) is 17.0 Å². The zero-order valence-electron chi connectivity index (χ0n) is 16.6. The molecule has 0 aromatic carbocycles. The second-order valence-corrected chi connectivity index (χ2v) is 7.50. The van der Waals surface area contributed by atoms with Gasteiger partial charge in [0, 0.05) is 42.3 Å². The van der Waals surface area contributed by atoms with Gasteiger partial charge in [0.15, 0.2) is 5.65 Å². The van der Waals surface area contributed by atoms with E-state index in [4.69, 9.17) is 4.52 Å². The SMILES string of the molecule is Cc1cc(=O)n2[nH]c([C@@H]3CCCN3C(=O)c3c(-c4cccnc4)noc3C)cc2n1. The highest BCUT2D eigenvalue weighted by molar-refractivity contribution is 6.01. The van der Waals surface area contributed by atoms with Crippen molar-refractivity contribution in [1.82, 2.24) is 29.6 Å². The van der Waals surface area contributed by atoms with E-state index in [9.17, 15) is 9.59 Å². The number of H-pyrrole nitrogens is 1. The number of fused-ring (bicyclic) bond motifs is 1. The van der Waals surface area contributed by atoms with Crippen LogP contribution in [0.3, 0.4) is 0 Å². The minimum atomic E-state index is -0.185. The fourth-order valence-electron chi connectivity index (χ4n) is 4.10. The van der Waals surface area contributed by atoms with E-state index in [2.05, 4.69) is 20.2 Å². The van der Waals surface area contributed by atoms with Gasteiger partial charge in [0.05, 0.1) is 11.7 Å². The van der Waals surface area contributed by atoms with Crippen molar-refractivity contribution >= 4 is 11.6 Å². The van der Waals surface area contributed by atoms with Crippen molar-refractivity contribution in [3.8, 4) is 11.3 Å². The van der Waals surface area contributed by atoms with Crippen LogP contribution in [-0.4, -0.2) is 42.1 Å². The minimum absolute atomic E-state index is 0.148. The smallest absolute Gasteiger partial charge is 0.272 e. The van der Waals surface area contributed by atoms with Gasteiger partial charge in [-0.25, -0.2) is 9.50 Å². The highest BCUT2D eigenvalue weighted by atomic mass is 16.5. The molecule has 1 fully saturated rings. The van der Waals surface area contributed by atoms with Gasteiger partial charge in [-0.1, -0.05) is 5.16 Å². The Balaban J connectivity index is 1.54. The largest absolute Gasteiger partial charge is 0.360 e. The van der Waals surface area contributed by atoms with Crippen LogP contribution >= 0.6 is 0 Å². The van der Waals surface area contributed by atoms with Crippen LogP contribution in [0.4, 0.5) is 0 Å². The number of amides is 1. The Morgan fingerprint density at radius 2 is 2.17 bits per heavy atom. The molecule has 4 aromatic rings. The van der Waals surface area contributed by atoms with Crippen LogP contribution in [0.2, 0.25) is 0 Å². The van der Waals surface area contributed by atoms with Gasteiger partial charge in [0.2, 0.25) is 0 Å². The molecule has 9 nitrogen and oxygen atoms in total. The van der Waals surface area contributed by atoms with Crippen LogP contribution in [0, 0.1) is 13.8 Å². The first-order valence-corrected chi connectivity index (χ1v) is 9.80. The summed E-state index contributed by atoms with van der Waals surface area (Å²) in [5.41, 5.74) is 3.47. The molecule has 1 saturated heterocycles. The van der Waals surface area contributed by atoms with Crippen molar-refractivity contribution in [2.75, 3.05) is 6.54 Å². The van der Waals surface area contributed by atoms with Gasteiger partial charge in [-0.05, 0) is 38.8 Å². The van der Waals surface area contributed by atoms with Crippen LogP contribution in [0.1, 0.15) is 46.4 Å². The molecule has 1 atom stereocenters. The maximum absolute atomic E-state index is 13.6. The number of pyridine rings is 1. The number of aromatic amines is 1. The van der Waals surface area contributed by atoms with E-state index in [-0.39, 0.29) is 17.5 Å². The molecule has 0 spiro atoms. The van der Waals surface area contributed by atoms with Crippen molar-refractivity contribution in [2.24, 2.45) is 0 Å². The second-order valence-electron chi connectivity index (χ2n) is 7.50. The van der Waals surface area contributed by atoms with Crippen LogP contribution < -0.4 is 5.56 Å². The van der Waals surface area contributed by atoms with Crippen LogP contribution in [-0.2, 0) is 0 Å². The average Bonchev–Trinajstić information content (AvgIpc) is 3.45. The minimum Gasteiger partial charge on any atom is -0.360 e. The Morgan fingerprint density at radius 3 is 2.97 bits per heavy atom. The summed E-state index contributed by atoms with van der Waals surface area (Å²) < 4.78 is 6.77. The number of carbonyl (C=O) groups is 1. The Kier molecular flexibility index (Phi) is 4.23. The van der Waals surface area contributed by atoms with E-state index in [0.717, 1.165) is 24.1 Å². The number of likely N-dealkylation sites (tertiary alicyclic amines) is 1. The third-order valence-corrected chi connectivity index (χ3v) is 5.48. The lowest BCUT2D eigenvalue weighted by Gasteiger charge is -2.23. The lowest BCUT2D eigenvalue weighted by atomic mass is 10.1. The molecule has 1 amide bonds. The molecule has 0 unspecified atom stereocenters. The van der Waals surface area contributed by atoms with Crippen LogP contribution in [0.15, 0.2) is 46.0 Å². The molecule has 0 aliphatic carbocycles. The van der Waals surface area contributed by atoms with Gasteiger partial charge in [-0.15, -0.1) is 0 Å². The number of hydrogen-bond acceptors (Lipinski definition) is 6. The molecule has 152 valence electrons. The van der Waals surface area contributed by atoms with Gasteiger partial charge >= 0.3 is 0 Å². The maximum Gasteiger partial charge on any atom is 0.272 e. The first kappa shape index (κ1) is 18.3. The summed E-state index contributed by atoms with van der Waals surface area (Å²) in [5, 5.41) is 7.23. The molecule has 5 heterocycles. The fraction of sp³-hybridized carbons (Fsp3) is 0.286. The average molecular weight is 404 g/mol.